The molecule has 1 aliphatic heterocycles. The first-order valence-electron chi connectivity index (χ1n) is 10.0. The van der Waals surface area contributed by atoms with Gasteiger partial charge in [0.25, 0.3) is 5.91 Å². The fourth-order valence-corrected chi connectivity index (χ4v) is 3.75. The van der Waals surface area contributed by atoms with Gasteiger partial charge < -0.3 is 24.4 Å². The summed E-state index contributed by atoms with van der Waals surface area (Å²) < 4.78 is 11.3. The highest BCUT2D eigenvalue weighted by Crippen LogP contribution is 2.29. The van der Waals surface area contributed by atoms with Gasteiger partial charge in [-0.15, -0.1) is 0 Å². The summed E-state index contributed by atoms with van der Waals surface area (Å²) in [4.78, 5) is 27.8. The average molecular weight is 412 g/mol. The minimum atomic E-state index is -0.974. The average Bonchev–Trinajstić information content (AvgIpc) is 2.75. The van der Waals surface area contributed by atoms with Gasteiger partial charge in [0.15, 0.2) is 6.10 Å². The van der Waals surface area contributed by atoms with Gasteiger partial charge in [-0.25, -0.2) is 4.79 Å². The largest absolute Gasteiger partial charge is 0.489 e. The molecule has 3 rings (SSSR count). The number of carbonyl (C=O) groups excluding carboxylic acids is 1. The fourth-order valence-electron chi connectivity index (χ4n) is 3.75. The van der Waals surface area contributed by atoms with E-state index in [1.807, 2.05) is 67.4 Å². The van der Waals surface area contributed by atoms with Crippen molar-refractivity contribution in [2.75, 3.05) is 32.2 Å². The van der Waals surface area contributed by atoms with Crippen molar-refractivity contribution in [3.8, 4) is 5.75 Å². The fraction of sp³-hybridized carbons (Fsp3) is 0.391. The zero-order valence-corrected chi connectivity index (χ0v) is 17.7. The number of rotatable bonds is 8. The third-order valence-corrected chi connectivity index (χ3v) is 5.58. The van der Waals surface area contributed by atoms with Crippen molar-refractivity contribution in [1.82, 2.24) is 4.90 Å². The van der Waals surface area contributed by atoms with E-state index in [-0.39, 0.29) is 18.0 Å². The molecule has 160 valence electrons. The number of anilines is 1. The van der Waals surface area contributed by atoms with Crippen LogP contribution in [-0.4, -0.2) is 61.5 Å². The van der Waals surface area contributed by atoms with Gasteiger partial charge in [-0.2, -0.15) is 0 Å². The smallest absolute Gasteiger partial charge is 0.333 e. The van der Waals surface area contributed by atoms with E-state index in [0.29, 0.717) is 24.5 Å². The van der Waals surface area contributed by atoms with E-state index in [0.717, 1.165) is 11.3 Å². The highest BCUT2D eigenvalue weighted by molar-refractivity contribution is 6.01. The van der Waals surface area contributed by atoms with Crippen LogP contribution in [0.25, 0.3) is 0 Å². The Labute approximate surface area is 176 Å². The summed E-state index contributed by atoms with van der Waals surface area (Å²) in [5, 5.41) is 9.37. The number of likely N-dealkylation sites (N-methyl/N-ethyl adjacent to an activating group) is 2. The number of hydrogen-bond donors (Lipinski definition) is 1. The third kappa shape index (κ3) is 4.26. The molecule has 1 N–H and O–H groups in total. The van der Waals surface area contributed by atoms with E-state index in [9.17, 15) is 14.7 Å². The van der Waals surface area contributed by atoms with Crippen molar-refractivity contribution in [1.29, 1.82) is 0 Å². The molecule has 1 aliphatic rings. The molecular weight excluding hydrogens is 384 g/mol. The van der Waals surface area contributed by atoms with Gasteiger partial charge in [0, 0.05) is 26.6 Å². The van der Waals surface area contributed by atoms with E-state index < -0.39 is 12.1 Å². The molecule has 0 aromatic heterocycles. The first-order chi connectivity index (χ1) is 14.3. The number of carboxylic acid groups (broad SMARTS) is 1. The van der Waals surface area contributed by atoms with Crippen molar-refractivity contribution in [3.05, 3.63) is 59.7 Å². The SMILES string of the molecule is CCOC(C(=O)O)C(C)c1ccc(OCC2N(C)C(=O)c3ccccc3N2C)cc1. The number of ether oxygens (including phenoxy) is 2. The van der Waals surface area contributed by atoms with Crippen molar-refractivity contribution < 1.29 is 24.2 Å². The predicted octanol–water partition coefficient (Wildman–Crippen LogP) is 3.21. The molecular formula is C23H28N2O5. The van der Waals surface area contributed by atoms with Crippen molar-refractivity contribution in [2.45, 2.75) is 32.0 Å². The van der Waals surface area contributed by atoms with Gasteiger partial charge in [-0.1, -0.05) is 31.2 Å². The van der Waals surface area contributed by atoms with Crippen LogP contribution in [0.15, 0.2) is 48.5 Å². The molecule has 7 nitrogen and oxygen atoms in total. The van der Waals surface area contributed by atoms with Crippen LogP contribution in [0, 0.1) is 0 Å². The van der Waals surface area contributed by atoms with Crippen LogP contribution < -0.4 is 9.64 Å². The first kappa shape index (κ1) is 21.6. The second-order valence-electron chi connectivity index (χ2n) is 7.41. The van der Waals surface area contributed by atoms with Crippen molar-refractivity contribution in [2.24, 2.45) is 0 Å². The number of benzene rings is 2. The molecule has 0 saturated heterocycles. The van der Waals surface area contributed by atoms with E-state index in [1.165, 1.54) is 0 Å². The molecule has 30 heavy (non-hydrogen) atoms. The number of aliphatic carboxylic acids is 1. The summed E-state index contributed by atoms with van der Waals surface area (Å²) in [6, 6.07) is 14.9. The number of fused-ring (bicyclic) bond motifs is 1. The first-order valence-corrected chi connectivity index (χ1v) is 10.0. The number of hydrogen-bond acceptors (Lipinski definition) is 5. The summed E-state index contributed by atoms with van der Waals surface area (Å²) in [5.74, 6) is -0.640. The van der Waals surface area contributed by atoms with E-state index in [2.05, 4.69) is 0 Å². The van der Waals surface area contributed by atoms with Gasteiger partial charge in [-0.3, -0.25) is 4.79 Å². The number of carbonyl (C=O) groups is 2. The Bertz CT molecular complexity index is 899. The normalized spacial score (nSPS) is 18.0. The molecule has 7 heteroatoms. The standard InChI is InChI=1S/C23H28N2O5/c1-5-29-21(23(27)28)15(2)16-10-12-17(13-11-16)30-14-20-24(3)19-9-7-6-8-18(19)22(26)25(20)4/h6-13,15,20-21H,5,14H2,1-4H3,(H,27,28). The summed E-state index contributed by atoms with van der Waals surface area (Å²) >= 11 is 0. The van der Waals surface area contributed by atoms with E-state index in [4.69, 9.17) is 9.47 Å². The van der Waals surface area contributed by atoms with Crippen LogP contribution in [0.2, 0.25) is 0 Å². The van der Waals surface area contributed by atoms with Crippen LogP contribution in [-0.2, 0) is 9.53 Å². The lowest BCUT2D eigenvalue weighted by atomic mass is 9.95. The molecule has 0 saturated carbocycles. The van der Waals surface area contributed by atoms with Crippen LogP contribution >= 0.6 is 0 Å². The lowest BCUT2D eigenvalue weighted by Gasteiger charge is -2.41. The molecule has 0 bridgehead atoms. The monoisotopic (exact) mass is 412 g/mol. The zero-order chi connectivity index (χ0) is 21.8. The number of amides is 1. The summed E-state index contributed by atoms with van der Waals surface area (Å²) in [6.07, 6.45) is -1.13. The number of carboxylic acids is 1. The molecule has 0 radical (unpaired) electrons. The van der Waals surface area contributed by atoms with E-state index >= 15 is 0 Å². The minimum absolute atomic E-state index is 0.0305. The topological polar surface area (TPSA) is 79.3 Å². The molecule has 0 spiro atoms. The van der Waals surface area contributed by atoms with Gasteiger partial charge in [0.1, 0.15) is 18.5 Å². The quantitative estimate of drug-likeness (QED) is 0.717. The van der Waals surface area contributed by atoms with Gasteiger partial charge >= 0.3 is 5.97 Å². The molecule has 2 aromatic rings. The zero-order valence-electron chi connectivity index (χ0n) is 17.7. The Morgan fingerprint density at radius 3 is 2.40 bits per heavy atom. The number of para-hydroxylation sites is 1. The maximum absolute atomic E-state index is 12.7. The van der Waals surface area contributed by atoms with Gasteiger partial charge in [-0.05, 0) is 36.8 Å². The lowest BCUT2D eigenvalue weighted by molar-refractivity contribution is -0.151. The molecule has 2 aromatic carbocycles. The minimum Gasteiger partial charge on any atom is -0.489 e. The van der Waals surface area contributed by atoms with Crippen LogP contribution in [0.4, 0.5) is 5.69 Å². The van der Waals surface area contributed by atoms with Gasteiger partial charge in [0.2, 0.25) is 0 Å². The highest BCUT2D eigenvalue weighted by Gasteiger charge is 2.33. The van der Waals surface area contributed by atoms with Crippen LogP contribution in [0.5, 0.6) is 5.75 Å². The highest BCUT2D eigenvalue weighted by atomic mass is 16.5. The second-order valence-corrected chi connectivity index (χ2v) is 7.41. The second kappa shape index (κ2) is 9.17. The summed E-state index contributed by atoms with van der Waals surface area (Å²) in [5.41, 5.74) is 2.42. The summed E-state index contributed by atoms with van der Waals surface area (Å²) in [7, 11) is 3.72. The van der Waals surface area contributed by atoms with Crippen molar-refractivity contribution in [3.63, 3.8) is 0 Å². The Balaban J connectivity index is 1.68. The van der Waals surface area contributed by atoms with E-state index in [1.54, 1.807) is 18.9 Å². The molecule has 1 amide bonds. The Morgan fingerprint density at radius 1 is 1.10 bits per heavy atom. The third-order valence-electron chi connectivity index (χ3n) is 5.58. The maximum Gasteiger partial charge on any atom is 0.333 e. The predicted molar refractivity (Wildman–Crippen MR) is 114 cm³/mol. The molecule has 3 unspecified atom stereocenters. The van der Waals surface area contributed by atoms with Gasteiger partial charge in [0.05, 0.1) is 11.3 Å². The molecule has 1 heterocycles. The number of nitrogens with zero attached hydrogens (tertiary/aromatic N) is 2. The Morgan fingerprint density at radius 2 is 1.77 bits per heavy atom. The van der Waals surface area contributed by atoms with Crippen LogP contribution in [0.1, 0.15) is 35.7 Å². The Kier molecular flexibility index (Phi) is 6.62. The summed E-state index contributed by atoms with van der Waals surface area (Å²) in [6.45, 7) is 4.26. The Hall–Kier alpha value is -3.06. The van der Waals surface area contributed by atoms with Crippen LogP contribution in [0.3, 0.4) is 0 Å². The molecule has 3 atom stereocenters. The molecule has 0 fully saturated rings. The lowest BCUT2D eigenvalue weighted by Crippen LogP contribution is -2.54. The molecule has 0 aliphatic carbocycles. The maximum atomic E-state index is 12.7. The van der Waals surface area contributed by atoms with Crippen molar-refractivity contribution >= 4 is 17.6 Å².